The topological polar surface area (TPSA) is 127 Å². The Hall–Kier alpha value is -5.42. The van der Waals surface area contributed by atoms with E-state index >= 15 is 0 Å². The van der Waals surface area contributed by atoms with Crippen LogP contribution in [-0.4, -0.2) is 77.7 Å². The molecule has 7 heterocycles. The molecule has 0 spiro atoms. The zero-order valence-corrected chi connectivity index (χ0v) is 32.3. The number of hydrogen-bond acceptors (Lipinski definition) is 9. The van der Waals surface area contributed by atoms with Gasteiger partial charge in [-0.2, -0.15) is 5.10 Å². The van der Waals surface area contributed by atoms with Crippen LogP contribution in [0, 0.1) is 24.7 Å². The Balaban J connectivity index is 0.794. The minimum absolute atomic E-state index is 0.107. The van der Waals surface area contributed by atoms with Crippen LogP contribution in [0.1, 0.15) is 92.4 Å². The van der Waals surface area contributed by atoms with Crippen molar-refractivity contribution in [3.63, 3.8) is 0 Å². The van der Waals surface area contributed by atoms with Crippen LogP contribution in [0.25, 0.3) is 5.00 Å². The lowest BCUT2D eigenvalue weighted by atomic mass is 9.87. The van der Waals surface area contributed by atoms with Crippen LogP contribution in [-0.2, 0) is 53.5 Å². The molecule has 0 saturated carbocycles. The number of thiophene rings is 1. The molecule has 2 saturated heterocycles. The third-order valence-electron chi connectivity index (χ3n) is 11.6. The van der Waals surface area contributed by atoms with Crippen molar-refractivity contribution in [3.8, 4) is 16.8 Å². The summed E-state index contributed by atoms with van der Waals surface area (Å²) in [6, 6.07) is 15.9. The highest BCUT2D eigenvalue weighted by atomic mass is 32.1. The van der Waals surface area contributed by atoms with E-state index in [1.54, 1.807) is 16.2 Å². The third-order valence-corrected chi connectivity index (χ3v) is 12.8. The van der Waals surface area contributed by atoms with Crippen LogP contribution in [0.2, 0.25) is 0 Å². The first-order chi connectivity index (χ1) is 27.4. The number of aromatic nitrogens is 5. The van der Waals surface area contributed by atoms with Crippen LogP contribution in [0.4, 0.5) is 0 Å². The molecule has 1 unspecified atom stereocenters. The standard InChI is InChI=1S/C43H44N8O4S/c1-28-46-47-39-27-55-26-36-34(22-29-7-3-2-4-8-29)38(56-43(36)51(28)39)13-11-31-23-44-49(24-31)18-6-17-48-19-15-30(16-20-48)21-32-9-5-10-33-35(32)25-50(42(33)54)37-12-14-40(52)45-41(37)53/h2-5,7-10,23-24,30,37H,6,12,14-22,25-27H2,1H3,(H,45,52,53). The van der Waals surface area contributed by atoms with Crippen molar-refractivity contribution < 1.29 is 19.1 Å². The van der Waals surface area contributed by atoms with E-state index in [4.69, 9.17) is 4.74 Å². The number of carbonyl (C=O) groups excluding carboxylic acids is 3. The first-order valence-corrected chi connectivity index (χ1v) is 20.4. The van der Waals surface area contributed by atoms with Gasteiger partial charge in [0.05, 0.1) is 23.2 Å². The number of imide groups is 1. The first-order valence-electron chi connectivity index (χ1n) is 19.6. The molecule has 3 aromatic heterocycles. The zero-order valence-electron chi connectivity index (χ0n) is 31.5. The highest BCUT2D eigenvalue weighted by molar-refractivity contribution is 7.15. The van der Waals surface area contributed by atoms with E-state index in [1.165, 1.54) is 16.7 Å². The molecule has 2 aromatic carbocycles. The second kappa shape index (κ2) is 15.6. The van der Waals surface area contributed by atoms with Crippen molar-refractivity contribution >= 4 is 29.1 Å². The minimum Gasteiger partial charge on any atom is -0.369 e. The first kappa shape index (κ1) is 36.2. The highest BCUT2D eigenvalue weighted by Gasteiger charge is 2.40. The van der Waals surface area contributed by atoms with Gasteiger partial charge in [0.25, 0.3) is 5.91 Å². The molecule has 5 aromatic rings. The van der Waals surface area contributed by atoms with Gasteiger partial charge in [0.15, 0.2) is 5.82 Å². The molecule has 56 heavy (non-hydrogen) atoms. The van der Waals surface area contributed by atoms with Gasteiger partial charge in [-0.3, -0.25) is 28.9 Å². The van der Waals surface area contributed by atoms with Gasteiger partial charge in [-0.25, -0.2) is 0 Å². The molecule has 286 valence electrons. The predicted octanol–water partition coefficient (Wildman–Crippen LogP) is 4.96. The Bertz CT molecular complexity index is 2360. The molecule has 9 rings (SSSR count). The average molecular weight is 769 g/mol. The number of amides is 3. The Morgan fingerprint density at radius 1 is 0.946 bits per heavy atom. The minimum atomic E-state index is -0.587. The van der Waals surface area contributed by atoms with Crippen LogP contribution in [0.5, 0.6) is 0 Å². The van der Waals surface area contributed by atoms with E-state index < -0.39 is 6.04 Å². The van der Waals surface area contributed by atoms with Crippen LogP contribution in [0.3, 0.4) is 0 Å². The predicted molar refractivity (Wildman–Crippen MR) is 210 cm³/mol. The number of aryl methyl sites for hydroxylation is 2. The quantitative estimate of drug-likeness (QED) is 0.165. The second-order valence-electron chi connectivity index (χ2n) is 15.3. The molecular weight excluding hydrogens is 725 g/mol. The summed E-state index contributed by atoms with van der Waals surface area (Å²) in [5.74, 6) is 8.37. The van der Waals surface area contributed by atoms with Crippen molar-refractivity contribution in [3.05, 3.63) is 116 Å². The normalized spacial score (nSPS) is 18.6. The zero-order chi connectivity index (χ0) is 38.2. The van der Waals surface area contributed by atoms with Gasteiger partial charge >= 0.3 is 0 Å². The van der Waals surface area contributed by atoms with Gasteiger partial charge < -0.3 is 14.5 Å². The number of benzene rings is 2. The number of hydrogen-bond donors (Lipinski definition) is 1. The van der Waals surface area contributed by atoms with Crippen molar-refractivity contribution in [1.82, 2.24) is 39.7 Å². The molecule has 0 radical (unpaired) electrons. The molecule has 0 bridgehead atoms. The van der Waals surface area contributed by atoms with Crippen LogP contribution < -0.4 is 5.32 Å². The summed E-state index contributed by atoms with van der Waals surface area (Å²) < 4.78 is 10.2. The number of carbonyl (C=O) groups is 3. The van der Waals surface area contributed by atoms with Gasteiger partial charge in [-0.1, -0.05) is 54.3 Å². The number of rotatable bonds is 9. The maximum atomic E-state index is 13.3. The molecule has 4 aliphatic rings. The molecule has 13 heteroatoms. The number of fused-ring (bicyclic) bond motifs is 4. The molecule has 12 nitrogen and oxygen atoms in total. The molecule has 1 atom stereocenters. The van der Waals surface area contributed by atoms with Crippen molar-refractivity contribution in [2.24, 2.45) is 5.92 Å². The van der Waals surface area contributed by atoms with E-state index in [0.717, 1.165) is 96.5 Å². The van der Waals surface area contributed by atoms with Gasteiger partial charge in [-0.15, -0.1) is 21.5 Å². The fourth-order valence-electron chi connectivity index (χ4n) is 8.61. The Kier molecular flexibility index (Phi) is 10.1. The Labute approximate surface area is 329 Å². The lowest BCUT2D eigenvalue weighted by Crippen LogP contribution is -2.52. The second-order valence-corrected chi connectivity index (χ2v) is 16.3. The average Bonchev–Trinajstić information content (AvgIpc) is 3.95. The summed E-state index contributed by atoms with van der Waals surface area (Å²) in [6.45, 7) is 7.30. The van der Waals surface area contributed by atoms with Gasteiger partial charge in [0, 0.05) is 36.8 Å². The van der Waals surface area contributed by atoms with Crippen molar-refractivity contribution in [2.45, 2.75) is 84.2 Å². The smallest absolute Gasteiger partial charge is 0.255 e. The molecule has 2 fully saturated rings. The van der Waals surface area contributed by atoms with E-state index in [2.05, 4.69) is 72.3 Å². The lowest BCUT2D eigenvalue weighted by Gasteiger charge is -2.32. The number of nitrogens with zero attached hydrogens (tertiary/aromatic N) is 7. The van der Waals surface area contributed by atoms with Crippen molar-refractivity contribution in [2.75, 3.05) is 19.6 Å². The molecule has 0 aliphatic carbocycles. The summed E-state index contributed by atoms with van der Waals surface area (Å²) >= 11 is 1.68. The van der Waals surface area contributed by atoms with Gasteiger partial charge in [0.2, 0.25) is 11.8 Å². The monoisotopic (exact) mass is 768 g/mol. The fraction of sp³-hybridized carbons (Fsp3) is 0.395. The van der Waals surface area contributed by atoms with Gasteiger partial charge in [0.1, 0.15) is 23.5 Å². The van der Waals surface area contributed by atoms with Gasteiger partial charge in [-0.05, 0) is 99.3 Å². The van der Waals surface area contributed by atoms with E-state index in [-0.39, 0.29) is 24.1 Å². The summed E-state index contributed by atoms with van der Waals surface area (Å²) in [5, 5.41) is 16.8. The van der Waals surface area contributed by atoms with Crippen LogP contribution >= 0.6 is 11.3 Å². The lowest BCUT2D eigenvalue weighted by molar-refractivity contribution is -0.136. The molecule has 3 amide bonds. The van der Waals surface area contributed by atoms with Crippen molar-refractivity contribution in [1.29, 1.82) is 0 Å². The number of ether oxygens (including phenoxy) is 1. The summed E-state index contributed by atoms with van der Waals surface area (Å²) in [6.07, 6.45) is 9.47. The largest absolute Gasteiger partial charge is 0.369 e. The molecule has 4 aliphatic heterocycles. The summed E-state index contributed by atoms with van der Waals surface area (Å²) in [4.78, 5) is 42.7. The molecule has 1 N–H and O–H groups in total. The van der Waals surface area contributed by atoms with E-state index in [0.29, 0.717) is 37.7 Å². The number of likely N-dealkylation sites (tertiary alicyclic amines) is 1. The Morgan fingerprint density at radius 2 is 1.80 bits per heavy atom. The van der Waals surface area contributed by atoms with E-state index in [1.807, 2.05) is 42.2 Å². The maximum absolute atomic E-state index is 13.3. The van der Waals surface area contributed by atoms with E-state index in [9.17, 15) is 14.4 Å². The SMILES string of the molecule is Cc1nnc2n1-c1sc(C#Cc3cnn(CCCN4CCC(Cc5cccc6c5CN(C5CCC(=O)NC5=O)C6=O)CC4)c3)c(Cc3ccccc3)c1COC2. The highest BCUT2D eigenvalue weighted by Crippen LogP contribution is 2.37. The Morgan fingerprint density at radius 3 is 2.64 bits per heavy atom. The summed E-state index contributed by atoms with van der Waals surface area (Å²) in [5.41, 5.74) is 7.42. The fourth-order valence-corrected chi connectivity index (χ4v) is 9.86. The molecular formula is C43H44N8O4S. The third kappa shape index (κ3) is 7.32. The number of nitrogens with one attached hydrogen (secondary N) is 1. The summed E-state index contributed by atoms with van der Waals surface area (Å²) in [7, 11) is 0. The number of piperidine rings is 2. The van der Waals surface area contributed by atoms with Crippen LogP contribution in [0.15, 0.2) is 60.9 Å². The maximum Gasteiger partial charge on any atom is 0.255 e.